The zero-order valence-corrected chi connectivity index (χ0v) is 11.9. The number of unbranched alkanes of at least 4 members (excludes halogenated alkanes) is 1. The Hall–Kier alpha value is -1.43. The van der Waals surface area contributed by atoms with Crippen molar-refractivity contribution >= 4 is 17.7 Å². The van der Waals surface area contributed by atoms with Crippen LogP contribution in [0.2, 0.25) is 0 Å². The molecule has 0 aliphatic rings. The SMILES string of the molecule is CCCCC(OC)C(=O)[C@@H](CC(=O)OC)C(=O)OC. The molecule has 0 saturated heterocycles. The summed E-state index contributed by atoms with van der Waals surface area (Å²) >= 11 is 0. The molecule has 0 amide bonds. The topological polar surface area (TPSA) is 78.9 Å². The molecule has 6 heteroatoms. The third kappa shape index (κ3) is 5.83. The summed E-state index contributed by atoms with van der Waals surface area (Å²) in [6.45, 7) is 1.99. The van der Waals surface area contributed by atoms with Gasteiger partial charge in [0.15, 0.2) is 5.78 Å². The first kappa shape index (κ1) is 17.6. The molecule has 0 aliphatic heterocycles. The Bertz CT molecular complexity index is 312. The molecule has 0 radical (unpaired) electrons. The van der Waals surface area contributed by atoms with Gasteiger partial charge in [-0.1, -0.05) is 19.8 Å². The number of ketones is 1. The molecule has 110 valence electrons. The average Bonchev–Trinajstić information content (AvgIpc) is 2.43. The van der Waals surface area contributed by atoms with Gasteiger partial charge in [0.1, 0.15) is 12.0 Å². The first-order valence-electron chi connectivity index (χ1n) is 6.22. The van der Waals surface area contributed by atoms with Crippen LogP contribution in [0.4, 0.5) is 0 Å². The minimum atomic E-state index is -1.17. The molecule has 1 unspecified atom stereocenters. The molecule has 0 rings (SSSR count). The summed E-state index contributed by atoms with van der Waals surface area (Å²) in [5.74, 6) is -2.98. The van der Waals surface area contributed by atoms with Gasteiger partial charge in [0, 0.05) is 7.11 Å². The number of hydrogen-bond acceptors (Lipinski definition) is 6. The van der Waals surface area contributed by atoms with Crippen LogP contribution >= 0.6 is 0 Å². The van der Waals surface area contributed by atoms with E-state index in [0.29, 0.717) is 6.42 Å². The summed E-state index contributed by atoms with van der Waals surface area (Å²) in [6.07, 6.45) is 1.20. The van der Waals surface area contributed by atoms with Crippen molar-refractivity contribution in [1.82, 2.24) is 0 Å². The van der Waals surface area contributed by atoms with Crippen molar-refractivity contribution < 1.29 is 28.6 Å². The van der Waals surface area contributed by atoms with Gasteiger partial charge in [-0.05, 0) is 6.42 Å². The maximum atomic E-state index is 12.2. The van der Waals surface area contributed by atoms with Crippen molar-refractivity contribution in [2.45, 2.75) is 38.7 Å². The minimum absolute atomic E-state index is 0.325. The van der Waals surface area contributed by atoms with E-state index in [1.807, 2.05) is 6.92 Å². The lowest BCUT2D eigenvalue weighted by Gasteiger charge is -2.19. The highest BCUT2D eigenvalue weighted by Gasteiger charge is 2.35. The van der Waals surface area contributed by atoms with Gasteiger partial charge >= 0.3 is 11.9 Å². The van der Waals surface area contributed by atoms with E-state index in [-0.39, 0.29) is 6.42 Å². The van der Waals surface area contributed by atoms with Crippen molar-refractivity contribution in [3.05, 3.63) is 0 Å². The summed E-state index contributed by atoms with van der Waals surface area (Å²) in [4.78, 5) is 35.0. The molecule has 0 aromatic rings. The van der Waals surface area contributed by atoms with Gasteiger partial charge in [-0.25, -0.2) is 0 Å². The lowest BCUT2D eigenvalue weighted by atomic mass is 9.93. The van der Waals surface area contributed by atoms with Crippen LogP contribution in [0.15, 0.2) is 0 Å². The van der Waals surface area contributed by atoms with Crippen LogP contribution in [0.3, 0.4) is 0 Å². The highest BCUT2D eigenvalue weighted by atomic mass is 16.5. The monoisotopic (exact) mass is 274 g/mol. The lowest BCUT2D eigenvalue weighted by Crippen LogP contribution is -2.36. The van der Waals surface area contributed by atoms with E-state index in [2.05, 4.69) is 9.47 Å². The van der Waals surface area contributed by atoms with Crippen LogP contribution in [-0.4, -0.2) is 45.2 Å². The quantitative estimate of drug-likeness (QED) is 0.463. The molecule has 0 aliphatic carbocycles. The number of methoxy groups -OCH3 is 3. The fourth-order valence-electron chi connectivity index (χ4n) is 1.68. The van der Waals surface area contributed by atoms with E-state index in [4.69, 9.17) is 4.74 Å². The Kier molecular flexibility index (Phi) is 8.78. The Morgan fingerprint density at radius 1 is 1.05 bits per heavy atom. The third-order valence-corrected chi connectivity index (χ3v) is 2.85. The third-order valence-electron chi connectivity index (χ3n) is 2.85. The summed E-state index contributed by atoms with van der Waals surface area (Å²) in [7, 11) is 3.78. The predicted octanol–water partition coefficient (Wildman–Crippen LogP) is 1.11. The number of esters is 2. The molecule has 0 N–H and O–H groups in total. The fourth-order valence-corrected chi connectivity index (χ4v) is 1.68. The van der Waals surface area contributed by atoms with Crippen molar-refractivity contribution in [3.63, 3.8) is 0 Å². The normalized spacial score (nSPS) is 13.5. The molecule has 0 heterocycles. The van der Waals surface area contributed by atoms with Crippen LogP contribution in [0.1, 0.15) is 32.6 Å². The van der Waals surface area contributed by atoms with E-state index in [0.717, 1.165) is 12.8 Å². The molecule has 19 heavy (non-hydrogen) atoms. The Balaban J connectivity index is 4.85. The van der Waals surface area contributed by atoms with Crippen LogP contribution in [0, 0.1) is 5.92 Å². The van der Waals surface area contributed by atoms with Crippen LogP contribution in [0.25, 0.3) is 0 Å². The smallest absolute Gasteiger partial charge is 0.316 e. The van der Waals surface area contributed by atoms with Crippen molar-refractivity contribution in [2.24, 2.45) is 5.92 Å². The Morgan fingerprint density at radius 2 is 1.68 bits per heavy atom. The molecule has 0 aromatic heterocycles. The van der Waals surface area contributed by atoms with Crippen molar-refractivity contribution in [2.75, 3.05) is 21.3 Å². The second-order valence-corrected chi connectivity index (χ2v) is 4.12. The van der Waals surface area contributed by atoms with Gasteiger partial charge in [-0.3, -0.25) is 14.4 Å². The highest BCUT2D eigenvalue weighted by Crippen LogP contribution is 2.16. The van der Waals surface area contributed by atoms with Gasteiger partial charge in [0.05, 0.1) is 20.6 Å². The van der Waals surface area contributed by atoms with Crippen LogP contribution in [0.5, 0.6) is 0 Å². The van der Waals surface area contributed by atoms with Gasteiger partial charge in [-0.2, -0.15) is 0 Å². The zero-order valence-electron chi connectivity index (χ0n) is 11.9. The average molecular weight is 274 g/mol. The first-order valence-corrected chi connectivity index (χ1v) is 6.22. The number of ether oxygens (including phenoxy) is 3. The van der Waals surface area contributed by atoms with Crippen LogP contribution < -0.4 is 0 Å². The molecule has 2 atom stereocenters. The number of hydrogen-bond donors (Lipinski definition) is 0. The molecule has 0 saturated carbocycles. The second kappa shape index (κ2) is 9.49. The van der Waals surface area contributed by atoms with Gasteiger partial charge < -0.3 is 14.2 Å². The highest BCUT2D eigenvalue weighted by molar-refractivity contribution is 6.03. The maximum Gasteiger partial charge on any atom is 0.316 e. The number of carbonyl (C=O) groups excluding carboxylic acids is 3. The number of rotatable bonds is 9. The summed E-state index contributed by atoms with van der Waals surface area (Å²) < 4.78 is 14.1. The lowest BCUT2D eigenvalue weighted by molar-refractivity contribution is -0.158. The van der Waals surface area contributed by atoms with Gasteiger partial charge in [-0.15, -0.1) is 0 Å². The molecule has 6 nitrogen and oxygen atoms in total. The molecular formula is C13H22O6. The summed E-state index contributed by atoms with van der Waals surface area (Å²) in [5, 5.41) is 0. The van der Waals surface area contributed by atoms with E-state index in [9.17, 15) is 14.4 Å². The predicted molar refractivity (Wildman–Crippen MR) is 67.5 cm³/mol. The zero-order chi connectivity index (χ0) is 14.8. The molecule has 0 fully saturated rings. The number of Topliss-reactive ketones (excluding diaryl/α,β-unsaturated/α-hetero) is 1. The Labute approximate surface area is 113 Å². The largest absolute Gasteiger partial charge is 0.469 e. The van der Waals surface area contributed by atoms with E-state index >= 15 is 0 Å². The standard InChI is InChI=1S/C13H22O6/c1-5-6-7-10(17-2)12(15)9(13(16)19-4)8-11(14)18-3/h9-10H,5-8H2,1-4H3/t9-,10?/m1/s1. The maximum absolute atomic E-state index is 12.2. The second-order valence-electron chi connectivity index (χ2n) is 4.12. The summed E-state index contributed by atoms with van der Waals surface area (Å²) in [6, 6.07) is 0. The summed E-state index contributed by atoms with van der Waals surface area (Å²) in [5.41, 5.74) is 0. The minimum Gasteiger partial charge on any atom is -0.469 e. The van der Waals surface area contributed by atoms with E-state index < -0.39 is 29.7 Å². The van der Waals surface area contributed by atoms with Gasteiger partial charge in [0.2, 0.25) is 0 Å². The fraction of sp³-hybridized carbons (Fsp3) is 0.769. The van der Waals surface area contributed by atoms with Crippen molar-refractivity contribution in [3.8, 4) is 0 Å². The van der Waals surface area contributed by atoms with E-state index in [1.165, 1.54) is 21.3 Å². The first-order chi connectivity index (χ1) is 9.01. The Morgan fingerprint density at radius 3 is 2.11 bits per heavy atom. The molecule has 0 spiro atoms. The van der Waals surface area contributed by atoms with E-state index in [1.54, 1.807) is 0 Å². The molecular weight excluding hydrogens is 252 g/mol. The molecule has 0 bridgehead atoms. The number of carbonyl (C=O) groups is 3. The van der Waals surface area contributed by atoms with Crippen molar-refractivity contribution in [1.29, 1.82) is 0 Å². The molecule has 0 aromatic carbocycles. The van der Waals surface area contributed by atoms with Gasteiger partial charge in [0.25, 0.3) is 0 Å². The van der Waals surface area contributed by atoms with Crippen LogP contribution in [-0.2, 0) is 28.6 Å².